The molecule has 0 bridgehead atoms. The van der Waals surface area contributed by atoms with Gasteiger partial charge in [0.1, 0.15) is 0 Å². The lowest BCUT2D eigenvalue weighted by molar-refractivity contribution is -0.118. The molecule has 1 N–H and O–H groups in total. The van der Waals surface area contributed by atoms with Crippen molar-refractivity contribution in [1.82, 2.24) is 9.99 Å². The molecule has 1 amide bonds. The van der Waals surface area contributed by atoms with Crippen LogP contribution in [0.25, 0.3) is 5.69 Å². The zero-order valence-corrected chi connectivity index (χ0v) is 18.3. The van der Waals surface area contributed by atoms with Gasteiger partial charge in [-0.05, 0) is 47.5 Å². The van der Waals surface area contributed by atoms with Gasteiger partial charge in [0.2, 0.25) is 5.91 Å². The van der Waals surface area contributed by atoms with E-state index in [0.29, 0.717) is 5.75 Å². The Morgan fingerprint density at radius 3 is 2.39 bits per heavy atom. The van der Waals surface area contributed by atoms with Gasteiger partial charge in [0.05, 0.1) is 12.0 Å². The van der Waals surface area contributed by atoms with E-state index in [4.69, 9.17) is 0 Å². The maximum Gasteiger partial charge on any atom is 0.250 e. The molecule has 0 radical (unpaired) electrons. The molecule has 0 aliphatic heterocycles. The first-order valence-corrected chi connectivity index (χ1v) is 10.9. The summed E-state index contributed by atoms with van der Waals surface area (Å²) in [5, 5.41) is 4.16. The highest BCUT2D eigenvalue weighted by Crippen LogP contribution is 2.29. The highest BCUT2D eigenvalue weighted by molar-refractivity contribution is 9.10. The molecule has 0 saturated heterocycles. The van der Waals surface area contributed by atoms with E-state index in [0.717, 1.165) is 32.9 Å². The number of benzene rings is 2. The van der Waals surface area contributed by atoms with Crippen molar-refractivity contribution in [3.8, 4) is 5.69 Å². The van der Waals surface area contributed by atoms with Gasteiger partial charge in [-0.2, -0.15) is 5.10 Å². The molecular formula is C22H22BrN3OS. The molecule has 1 heterocycles. The number of aromatic nitrogens is 1. The predicted molar refractivity (Wildman–Crippen MR) is 121 cm³/mol. The topological polar surface area (TPSA) is 46.4 Å². The minimum Gasteiger partial charge on any atom is -0.317 e. The van der Waals surface area contributed by atoms with Crippen LogP contribution in [0, 0.1) is 13.8 Å². The third kappa shape index (κ3) is 4.94. The van der Waals surface area contributed by atoms with E-state index in [1.54, 1.807) is 18.0 Å². The van der Waals surface area contributed by atoms with E-state index in [-0.39, 0.29) is 5.91 Å². The molecule has 0 aliphatic carbocycles. The Morgan fingerprint density at radius 1 is 1.07 bits per heavy atom. The second kappa shape index (κ2) is 9.75. The minimum atomic E-state index is -0.106. The van der Waals surface area contributed by atoms with Crippen molar-refractivity contribution in [3.63, 3.8) is 0 Å². The number of hydrogen-bond donors (Lipinski definition) is 1. The van der Waals surface area contributed by atoms with Crippen LogP contribution in [0.4, 0.5) is 0 Å². The van der Waals surface area contributed by atoms with E-state index in [9.17, 15) is 4.79 Å². The van der Waals surface area contributed by atoms with Gasteiger partial charge < -0.3 is 4.57 Å². The SMILES string of the molecule is Cc1c(Br)c(/C=N\NC(=O)CSCc2ccccc2)c(C)n1-c1ccccc1. The van der Waals surface area contributed by atoms with Crippen molar-refractivity contribution in [2.75, 3.05) is 5.75 Å². The Bertz CT molecular complexity index is 968. The number of halogens is 1. The summed E-state index contributed by atoms with van der Waals surface area (Å²) in [5.41, 5.74) is 8.04. The van der Waals surface area contributed by atoms with Crippen LogP contribution in [0.2, 0.25) is 0 Å². The van der Waals surface area contributed by atoms with Gasteiger partial charge in [-0.1, -0.05) is 48.5 Å². The lowest BCUT2D eigenvalue weighted by atomic mass is 10.2. The molecule has 0 fully saturated rings. The largest absolute Gasteiger partial charge is 0.317 e. The molecule has 28 heavy (non-hydrogen) atoms. The van der Waals surface area contributed by atoms with Crippen LogP contribution in [0.3, 0.4) is 0 Å². The molecular weight excluding hydrogens is 434 g/mol. The standard InChI is InChI=1S/C22H22BrN3OS/c1-16-20(22(23)17(2)26(16)19-11-7-4-8-12-19)13-24-25-21(27)15-28-14-18-9-5-3-6-10-18/h3-13H,14-15H2,1-2H3,(H,25,27)/b24-13-. The number of hydrogen-bond acceptors (Lipinski definition) is 3. The lowest BCUT2D eigenvalue weighted by Crippen LogP contribution is -2.19. The summed E-state index contributed by atoms with van der Waals surface area (Å²) in [6, 6.07) is 20.3. The summed E-state index contributed by atoms with van der Waals surface area (Å²) < 4.78 is 3.15. The molecule has 0 atom stereocenters. The molecule has 144 valence electrons. The first-order valence-electron chi connectivity index (χ1n) is 8.94. The van der Waals surface area contributed by atoms with E-state index >= 15 is 0 Å². The van der Waals surface area contributed by atoms with Gasteiger partial charge >= 0.3 is 0 Å². The Morgan fingerprint density at radius 2 is 1.71 bits per heavy atom. The number of carbonyl (C=O) groups is 1. The van der Waals surface area contributed by atoms with Crippen LogP contribution in [0.1, 0.15) is 22.5 Å². The number of hydrazone groups is 1. The van der Waals surface area contributed by atoms with E-state index in [1.807, 2.05) is 43.3 Å². The number of carbonyl (C=O) groups excluding carboxylic acids is 1. The van der Waals surface area contributed by atoms with Crippen LogP contribution >= 0.6 is 27.7 Å². The number of amides is 1. The fraction of sp³-hybridized carbons (Fsp3) is 0.182. The monoisotopic (exact) mass is 455 g/mol. The van der Waals surface area contributed by atoms with E-state index < -0.39 is 0 Å². The van der Waals surface area contributed by atoms with Crippen LogP contribution < -0.4 is 5.43 Å². The molecule has 3 rings (SSSR count). The number of rotatable bonds is 7. The van der Waals surface area contributed by atoms with Crippen molar-refractivity contribution in [2.24, 2.45) is 5.10 Å². The van der Waals surface area contributed by atoms with Crippen LogP contribution in [0.15, 0.2) is 70.2 Å². The molecule has 6 heteroatoms. The average molecular weight is 456 g/mol. The van der Waals surface area contributed by atoms with Crippen LogP contribution in [-0.2, 0) is 10.5 Å². The summed E-state index contributed by atoms with van der Waals surface area (Å²) in [6.07, 6.45) is 1.70. The van der Waals surface area contributed by atoms with E-state index in [2.05, 4.69) is 62.2 Å². The number of nitrogens with one attached hydrogen (secondary N) is 1. The zero-order valence-electron chi connectivity index (χ0n) is 15.9. The van der Waals surface area contributed by atoms with Gasteiger partial charge in [-0.3, -0.25) is 4.79 Å². The summed E-state index contributed by atoms with van der Waals surface area (Å²) in [5.74, 6) is 1.07. The van der Waals surface area contributed by atoms with Crippen LogP contribution in [-0.4, -0.2) is 22.4 Å². The summed E-state index contributed by atoms with van der Waals surface area (Å²) in [4.78, 5) is 12.0. The average Bonchev–Trinajstić information content (AvgIpc) is 2.92. The lowest BCUT2D eigenvalue weighted by Gasteiger charge is -2.08. The van der Waals surface area contributed by atoms with Crippen molar-refractivity contribution in [3.05, 3.63) is 87.7 Å². The second-order valence-electron chi connectivity index (χ2n) is 6.34. The smallest absolute Gasteiger partial charge is 0.250 e. The Kier molecular flexibility index (Phi) is 7.12. The summed E-state index contributed by atoms with van der Waals surface area (Å²) >= 11 is 5.23. The molecule has 0 saturated carbocycles. The third-order valence-corrected chi connectivity index (χ3v) is 6.36. The predicted octanol–water partition coefficient (Wildman–Crippen LogP) is 5.24. The number of thioether (sulfide) groups is 1. The van der Waals surface area contributed by atoms with Gasteiger partial charge in [-0.15, -0.1) is 11.8 Å². The number of para-hydroxylation sites is 1. The van der Waals surface area contributed by atoms with Gasteiger partial charge in [0.15, 0.2) is 0 Å². The molecule has 4 nitrogen and oxygen atoms in total. The second-order valence-corrected chi connectivity index (χ2v) is 8.12. The zero-order chi connectivity index (χ0) is 19.9. The fourth-order valence-corrected chi connectivity index (χ4v) is 4.32. The Labute approximate surface area is 178 Å². The van der Waals surface area contributed by atoms with Gasteiger partial charge in [-0.25, -0.2) is 5.43 Å². The molecule has 3 aromatic rings. The maximum absolute atomic E-state index is 12.0. The molecule has 2 aromatic carbocycles. The third-order valence-electron chi connectivity index (χ3n) is 4.36. The Balaban J connectivity index is 1.60. The fourth-order valence-electron chi connectivity index (χ4n) is 2.98. The van der Waals surface area contributed by atoms with E-state index in [1.165, 1.54) is 5.56 Å². The molecule has 0 spiro atoms. The van der Waals surface area contributed by atoms with Crippen molar-refractivity contribution in [1.29, 1.82) is 0 Å². The molecule has 1 aromatic heterocycles. The molecule has 0 aliphatic rings. The van der Waals surface area contributed by atoms with Gasteiger partial charge in [0.25, 0.3) is 0 Å². The molecule has 0 unspecified atom stereocenters. The normalized spacial score (nSPS) is 11.1. The summed E-state index contributed by atoms with van der Waals surface area (Å²) in [6.45, 7) is 4.10. The van der Waals surface area contributed by atoms with Crippen molar-refractivity contribution < 1.29 is 4.79 Å². The maximum atomic E-state index is 12.0. The highest BCUT2D eigenvalue weighted by atomic mass is 79.9. The van der Waals surface area contributed by atoms with Crippen molar-refractivity contribution in [2.45, 2.75) is 19.6 Å². The minimum absolute atomic E-state index is 0.106. The summed E-state index contributed by atoms with van der Waals surface area (Å²) in [7, 11) is 0. The first kappa shape index (κ1) is 20.4. The van der Waals surface area contributed by atoms with Gasteiger partial charge in [0, 0.05) is 32.9 Å². The first-order chi connectivity index (χ1) is 13.6. The van der Waals surface area contributed by atoms with Crippen molar-refractivity contribution >= 4 is 39.8 Å². The van der Waals surface area contributed by atoms with Crippen LogP contribution in [0.5, 0.6) is 0 Å². The highest BCUT2D eigenvalue weighted by Gasteiger charge is 2.15. The number of nitrogens with zero attached hydrogens (tertiary/aromatic N) is 2. The Hall–Kier alpha value is -2.31. The quantitative estimate of drug-likeness (QED) is 0.391.